The van der Waals surface area contributed by atoms with Gasteiger partial charge >= 0.3 is 0 Å². The van der Waals surface area contributed by atoms with Crippen LogP contribution in [0.4, 0.5) is 19.0 Å². The van der Waals surface area contributed by atoms with Crippen LogP contribution in [0.1, 0.15) is 25.7 Å². The number of aromatic nitrogens is 4. The number of halogens is 4. The van der Waals surface area contributed by atoms with E-state index in [4.69, 9.17) is 11.6 Å². The van der Waals surface area contributed by atoms with Crippen LogP contribution in [0, 0.1) is 17.5 Å². The number of rotatable bonds is 2. The SMILES string of the molecule is Fc1cc(F)c(-c2c(Cl)nc3ncnn3c2N2C3CCC2CC3)c(F)c1. The molecule has 0 atom stereocenters. The van der Waals surface area contributed by atoms with E-state index >= 15 is 0 Å². The summed E-state index contributed by atoms with van der Waals surface area (Å²) >= 11 is 6.33. The standard InChI is InChI=1S/C17H13ClF3N5/c18-15-14(13-11(20)5-8(19)6-12(13)21)16(26-17(24-15)22-7-23-26)25-9-1-2-10(25)4-3-9/h5-7,9-10H,1-4H2. The maximum absolute atomic E-state index is 14.5. The summed E-state index contributed by atoms with van der Waals surface area (Å²) in [5.41, 5.74) is -0.318. The average molecular weight is 380 g/mol. The summed E-state index contributed by atoms with van der Waals surface area (Å²) in [6, 6.07) is 1.78. The number of benzene rings is 1. The molecule has 5 rings (SSSR count). The Morgan fingerprint density at radius 1 is 0.962 bits per heavy atom. The largest absolute Gasteiger partial charge is 0.350 e. The minimum Gasteiger partial charge on any atom is -0.350 e. The molecule has 0 amide bonds. The van der Waals surface area contributed by atoms with Crippen molar-refractivity contribution in [3.63, 3.8) is 0 Å². The predicted octanol–water partition coefficient (Wildman–Crippen LogP) is 3.99. The Hall–Kier alpha value is -2.35. The highest BCUT2D eigenvalue weighted by molar-refractivity contribution is 6.33. The topological polar surface area (TPSA) is 46.3 Å². The zero-order valence-corrected chi connectivity index (χ0v) is 14.2. The fourth-order valence-corrected chi connectivity index (χ4v) is 4.55. The lowest BCUT2D eigenvalue weighted by Gasteiger charge is -2.27. The van der Waals surface area contributed by atoms with E-state index in [1.807, 2.05) is 0 Å². The first-order chi connectivity index (χ1) is 12.5. The van der Waals surface area contributed by atoms with Crippen molar-refractivity contribution in [3.05, 3.63) is 41.1 Å². The van der Waals surface area contributed by atoms with Gasteiger partial charge in [-0.2, -0.15) is 19.6 Å². The molecule has 9 heteroatoms. The van der Waals surface area contributed by atoms with Crippen LogP contribution >= 0.6 is 11.6 Å². The molecule has 1 aromatic carbocycles. The Kier molecular flexibility index (Phi) is 3.40. The van der Waals surface area contributed by atoms with E-state index in [0.29, 0.717) is 18.0 Å². The molecule has 0 N–H and O–H groups in total. The summed E-state index contributed by atoms with van der Waals surface area (Å²) in [6.07, 6.45) is 5.30. The van der Waals surface area contributed by atoms with Gasteiger partial charge in [-0.25, -0.2) is 13.2 Å². The molecule has 2 aliphatic heterocycles. The maximum Gasteiger partial charge on any atom is 0.255 e. The van der Waals surface area contributed by atoms with Crippen molar-refractivity contribution in [2.24, 2.45) is 0 Å². The molecule has 0 radical (unpaired) electrons. The quantitative estimate of drug-likeness (QED) is 0.631. The first-order valence-corrected chi connectivity index (χ1v) is 8.75. The molecule has 2 bridgehead atoms. The molecule has 2 fully saturated rings. The fraction of sp³-hybridized carbons (Fsp3) is 0.353. The summed E-state index contributed by atoms with van der Waals surface area (Å²) in [4.78, 5) is 10.3. The summed E-state index contributed by atoms with van der Waals surface area (Å²) in [5.74, 6) is -2.33. The predicted molar refractivity (Wildman–Crippen MR) is 89.6 cm³/mol. The van der Waals surface area contributed by atoms with E-state index in [-0.39, 0.29) is 28.6 Å². The number of nitrogens with zero attached hydrogens (tertiary/aromatic N) is 5. The van der Waals surface area contributed by atoms with Gasteiger partial charge < -0.3 is 4.90 Å². The molecule has 2 aliphatic rings. The molecule has 0 unspecified atom stereocenters. The summed E-state index contributed by atoms with van der Waals surface area (Å²) in [7, 11) is 0. The van der Waals surface area contributed by atoms with E-state index in [2.05, 4.69) is 20.0 Å². The Morgan fingerprint density at radius 3 is 2.19 bits per heavy atom. The normalized spacial score (nSPS) is 21.9. The second-order valence-corrected chi connectivity index (χ2v) is 7.05. The van der Waals surface area contributed by atoms with E-state index < -0.39 is 23.0 Å². The first-order valence-electron chi connectivity index (χ1n) is 8.37. The minimum absolute atomic E-state index is 0.0819. The summed E-state index contributed by atoms with van der Waals surface area (Å²) in [6.45, 7) is 0. The van der Waals surface area contributed by atoms with Crippen molar-refractivity contribution in [3.8, 4) is 11.1 Å². The van der Waals surface area contributed by atoms with Crippen LogP contribution in [0.3, 0.4) is 0 Å². The Morgan fingerprint density at radius 2 is 1.58 bits per heavy atom. The van der Waals surface area contributed by atoms with Crippen molar-refractivity contribution >= 4 is 23.2 Å². The molecule has 0 spiro atoms. The van der Waals surface area contributed by atoms with Gasteiger partial charge in [0.2, 0.25) is 0 Å². The van der Waals surface area contributed by atoms with Crippen LogP contribution in [-0.2, 0) is 0 Å². The van der Waals surface area contributed by atoms with Crippen LogP contribution in [0.15, 0.2) is 18.5 Å². The van der Waals surface area contributed by atoms with Crippen molar-refractivity contribution in [1.82, 2.24) is 19.6 Å². The molecule has 0 aliphatic carbocycles. The molecule has 3 aromatic rings. The van der Waals surface area contributed by atoms with Crippen molar-refractivity contribution in [2.75, 3.05) is 4.90 Å². The fourth-order valence-electron chi connectivity index (χ4n) is 4.30. The lowest BCUT2D eigenvalue weighted by atomic mass is 10.0. The highest BCUT2D eigenvalue weighted by Crippen LogP contribution is 2.47. The Balaban J connectivity index is 1.86. The highest BCUT2D eigenvalue weighted by atomic mass is 35.5. The molecule has 5 nitrogen and oxygen atoms in total. The van der Waals surface area contributed by atoms with Crippen LogP contribution < -0.4 is 4.90 Å². The third-order valence-corrected chi connectivity index (χ3v) is 5.59. The van der Waals surface area contributed by atoms with Crippen LogP contribution in [0.5, 0.6) is 0 Å². The molecular weight excluding hydrogens is 367 g/mol. The number of hydrogen-bond acceptors (Lipinski definition) is 4. The van der Waals surface area contributed by atoms with Crippen molar-refractivity contribution in [2.45, 2.75) is 37.8 Å². The Bertz CT molecular complexity index is 994. The molecule has 26 heavy (non-hydrogen) atoms. The lowest BCUT2D eigenvalue weighted by molar-refractivity contribution is 0.547. The van der Waals surface area contributed by atoms with E-state index in [0.717, 1.165) is 25.7 Å². The molecular formula is C17H13ClF3N5. The van der Waals surface area contributed by atoms with Gasteiger partial charge in [0.15, 0.2) is 0 Å². The molecule has 134 valence electrons. The number of fused-ring (bicyclic) bond motifs is 3. The zero-order chi connectivity index (χ0) is 18.0. The molecule has 4 heterocycles. The lowest BCUT2D eigenvalue weighted by Crippen LogP contribution is -2.31. The maximum atomic E-state index is 14.5. The van der Waals surface area contributed by atoms with Gasteiger partial charge in [-0.15, -0.1) is 0 Å². The zero-order valence-electron chi connectivity index (χ0n) is 13.5. The summed E-state index contributed by atoms with van der Waals surface area (Å²) in [5, 5.41) is 4.10. The van der Waals surface area contributed by atoms with E-state index in [1.54, 1.807) is 0 Å². The molecule has 2 saturated heterocycles. The van der Waals surface area contributed by atoms with Gasteiger partial charge in [0.1, 0.15) is 34.7 Å². The highest BCUT2D eigenvalue weighted by Gasteiger charge is 2.42. The van der Waals surface area contributed by atoms with E-state index in [1.165, 1.54) is 10.8 Å². The summed E-state index contributed by atoms with van der Waals surface area (Å²) < 4.78 is 44.0. The van der Waals surface area contributed by atoms with Gasteiger partial charge in [-0.3, -0.25) is 0 Å². The van der Waals surface area contributed by atoms with Gasteiger partial charge in [-0.1, -0.05) is 11.6 Å². The molecule has 0 saturated carbocycles. The van der Waals surface area contributed by atoms with Gasteiger partial charge in [0.05, 0.1) is 11.1 Å². The monoisotopic (exact) mass is 379 g/mol. The first kappa shape index (κ1) is 15.9. The van der Waals surface area contributed by atoms with Gasteiger partial charge in [0, 0.05) is 24.2 Å². The van der Waals surface area contributed by atoms with E-state index in [9.17, 15) is 13.2 Å². The number of anilines is 1. The van der Waals surface area contributed by atoms with Crippen LogP contribution in [0.2, 0.25) is 5.15 Å². The third-order valence-electron chi connectivity index (χ3n) is 5.31. The van der Waals surface area contributed by atoms with Gasteiger partial charge in [-0.05, 0) is 25.7 Å². The second-order valence-electron chi connectivity index (χ2n) is 6.69. The Labute approximate surface area is 151 Å². The van der Waals surface area contributed by atoms with Crippen LogP contribution in [0.25, 0.3) is 16.9 Å². The average Bonchev–Trinajstić information content (AvgIpc) is 3.29. The van der Waals surface area contributed by atoms with Gasteiger partial charge in [0.25, 0.3) is 5.78 Å². The van der Waals surface area contributed by atoms with Crippen LogP contribution in [-0.4, -0.2) is 31.7 Å². The minimum atomic E-state index is -1.03. The molecule has 2 aromatic heterocycles. The third kappa shape index (κ3) is 2.14. The van der Waals surface area contributed by atoms with Crippen molar-refractivity contribution in [1.29, 1.82) is 0 Å². The second kappa shape index (κ2) is 5.57. The smallest absolute Gasteiger partial charge is 0.255 e. The van der Waals surface area contributed by atoms with Crippen molar-refractivity contribution < 1.29 is 13.2 Å². The number of hydrogen-bond donors (Lipinski definition) is 0.